The third-order valence-corrected chi connectivity index (χ3v) is 7.55. The van der Waals surface area contributed by atoms with Crippen molar-refractivity contribution in [1.82, 2.24) is 10.3 Å². The third kappa shape index (κ3) is 8.23. The highest BCUT2D eigenvalue weighted by atomic mass is 35.5. The van der Waals surface area contributed by atoms with Gasteiger partial charge in [-0.05, 0) is 74.4 Å². The molecule has 1 amide bonds. The highest BCUT2D eigenvalue weighted by molar-refractivity contribution is 7.99. The first-order valence-electron chi connectivity index (χ1n) is 13.0. The summed E-state index contributed by atoms with van der Waals surface area (Å²) in [5, 5.41) is 4.54. The summed E-state index contributed by atoms with van der Waals surface area (Å²) in [5.74, 6) is 0.911. The van der Waals surface area contributed by atoms with Gasteiger partial charge in [-0.15, -0.1) is 11.8 Å². The topological polar surface area (TPSA) is 77.5 Å². The lowest BCUT2D eigenvalue weighted by Crippen LogP contribution is -2.40. The lowest BCUT2D eigenvalue weighted by atomic mass is 10.0. The number of thioether (sulfide) groups is 1. The maximum Gasteiger partial charge on any atom is 0.337 e. The van der Waals surface area contributed by atoms with E-state index in [1.807, 2.05) is 93.6 Å². The molecule has 0 bridgehead atoms. The molecule has 0 fully saturated rings. The fourth-order valence-electron chi connectivity index (χ4n) is 4.22. The second kappa shape index (κ2) is 13.2. The highest BCUT2D eigenvalue weighted by Gasteiger charge is 2.20. The van der Waals surface area contributed by atoms with Crippen LogP contribution in [0.4, 0.5) is 0 Å². The first kappa shape index (κ1) is 29.4. The van der Waals surface area contributed by atoms with E-state index in [-0.39, 0.29) is 16.7 Å². The van der Waals surface area contributed by atoms with Crippen LogP contribution in [-0.4, -0.2) is 35.3 Å². The van der Waals surface area contributed by atoms with Crippen LogP contribution in [0.1, 0.15) is 59.6 Å². The summed E-state index contributed by atoms with van der Waals surface area (Å²) in [7, 11) is 1.37. The molecule has 0 saturated heterocycles. The molecule has 0 aliphatic heterocycles. The average Bonchev–Trinajstić information content (AvgIpc) is 2.92. The van der Waals surface area contributed by atoms with Crippen LogP contribution in [0.25, 0.3) is 10.9 Å². The Balaban J connectivity index is 1.54. The lowest BCUT2D eigenvalue weighted by molar-refractivity contribution is -0.122. The van der Waals surface area contributed by atoms with Crippen LogP contribution in [0.5, 0.6) is 5.75 Å². The minimum Gasteiger partial charge on any atom is -0.487 e. The SMILES string of the molecule is COC(=O)c1cccc(C(SCCC(=O)NC(C)(C)C)c2cccc(OCc3ccc4ccc(Cl)cc4n3)c2)c1. The van der Waals surface area contributed by atoms with E-state index in [0.29, 0.717) is 35.1 Å². The predicted octanol–water partition coefficient (Wildman–Crippen LogP) is 7.38. The molecule has 1 heterocycles. The summed E-state index contributed by atoms with van der Waals surface area (Å²) in [6, 6.07) is 24.9. The van der Waals surface area contributed by atoms with Gasteiger partial charge in [0.1, 0.15) is 12.4 Å². The number of nitrogens with zero attached hydrogens (tertiary/aromatic N) is 1. The second-order valence-corrected chi connectivity index (χ2v) is 12.1. The number of nitrogens with one attached hydrogen (secondary N) is 1. The maximum absolute atomic E-state index is 12.5. The van der Waals surface area contributed by atoms with Crippen molar-refractivity contribution in [2.45, 2.75) is 44.6 Å². The number of carbonyl (C=O) groups is 2. The Bertz CT molecular complexity index is 1500. The molecule has 1 aromatic heterocycles. The molecule has 0 saturated carbocycles. The Labute approximate surface area is 244 Å². The Kier molecular flexibility index (Phi) is 9.71. The molecule has 8 heteroatoms. The summed E-state index contributed by atoms with van der Waals surface area (Å²) in [4.78, 5) is 29.3. The number of ether oxygens (including phenoxy) is 2. The summed E-state index contributed by atoms with van der Waals surface area (Å²) in [6.07, 6.45) is 0.378. The van der Waals surface area contributed by atoms with Crippen molar-refractivity contribution in [3.63, 3.8) is 0 Å². The zero-order valence-corrected chi connectivity index (χ0v) is 24.6. The molecular weight excluding hydrogens is 544 g/mol. The van der Waals surface area contributed by atoms with Crippen LogP contribution in [-0.2, 0) is 16.1 Å². The fourth-order valence-corrected chi connectivity index (χ4v) is 5.60. The molecule has 4 rings (SSSR count). The number of rotatable bonds is 10. The molecule has 1 atom stereocenters. The van der Waals surface area contributed by atoms with Crippen LogP contribution in [0, 0.1) is 0 Å². The minimum atomic E-state index is -0.392. The van der Waals surface area contributed by atoms with Crippen molar-refractivity contribution in [1.29, 1.82) is 0 Å². The number of pyridine rings is 1. The fraction of sp³-hybridized carbons (Fsp3) is 0.281. The summed E-state index contributed by atoms with van der Waals surface area (Å²) in [6.45, 7) is 6.20. The molecule has 1 unspecified atom stereocenters. The zero-order valence-electron chi connectivity index (χ0n) is 23.1. The van der Waals surface area contributed by atoms with Gasteiger partial charge in [0, 0.05) is 28.1 Å². The lowest BCUT2D eigenvalue weighted by Gasteiger charge is -2.22. The first-order chi connectivity index (χ1) is 19.1. The molecular formula is C32H33ClN2O4S. The molecule has 0 aliphatic carbocycles. The average molecular weight is 577 g/mol. The van der Waals surface area contributed by atoms with Gasteiger partial charge in [0.05, 0.1) is 29.1 Å². The number of carbonyl (C=O) groups excluding carboxylic acids is 2. The largest absolute Gasteiger partial charge is 0.487 e. The monoisotopic (exact) mass is 576 g/mol. The van der Waals surface area contributed by atoms with E-state index in [0.717, 1.165) is 27.7 Å². The second-order valence-electron chi connectivity index (χ2n) is 10.4. The number of halogens is 1. The van der Waals surface area contributed by atoms with Crippen LogP contribution >= 0.6 is 23.4 Å². The molecule has 0 spiro atoms. The van der Waals surface area contributed by atoms with Gasteiger partial charge >= 0.3 is 5.97 Å². The summed E-state index contributed by atoms with van der Waals surface area (Å²) < 4.78 is 11.1. The summed E-state index contributed by atoms with van der Waals surface area (Å²) in [5.41, 5.74) is 3.74. The van der Waals surface area contributed by atoms with Crippen molar-refractivity contribution in [2.75, 3.05) is 12.9 Å². The van der Waals surface area contributed by atoms with Gasteiger partial charge in [0.2, 0.25) is 5.91 Å². The summed E-state index contributed by atoms with van der Waals surface area (Å²) >= 11 is 7.78. The maximum atomic E-state index is 12.5. The Morgan fingerprint density at radius 2 is 1.70 bits per heavy atom. The molecule has 1 N–H and O–H groups in total. The van der Waals surface area contributed by atoms with Crippen molar-refractivity contribution in [3.05, 3.63) is 106 Å². The van der Waals surface area contributed by atoms with E-state index in [1.165, 1.54) is 7.11 Å². The Morgan fingerprint density at radius 1 is 0.975 bits per heavy atom. The van der Waals surface area contributed by atoms with Crippen LogP contribution in [0.2, 0.25) is 5.02 Å². The number of methoxy groups -OCH3 is 1. The molecule has 0 aliphatic rings. The number of hydrogen-bond donors (Lipinski definition) is 1. The standard InChI is InChI=1S/C32H33ClN2O4S/c1-32(2,3)35-29(36)15-16-40-30(22-7-5-9-24(17-22)31(37)38-4)23-8-6-10-27(18-23)39-20-26-14-12-21-11-13-25(33)19-28(21)34-26/h5-14,17-19,30H,15-16,20H2,1-4H3,(H,35,36). The van der Waals surface area contributed by atoms with Crippen molar-refractivity contribution in [2.24, 2.45) is 0 Å². The number of hydrogen-bond acceptors (Lipinski definition) is 6. The van der Waals surface area contributed by atoms with Crippen molar-refractivity contribution in [3.8, 4) is 5.75 Å². The smallest absolute Gasteiger partial charge is 0.337 e. The Morgan fingerprint density at radius 3 is 2.45 bits per heavy atom. The zero-order chi connectivity index (χ0) is 28.7. The molecule has 208 valence electrons. The number of amides is 1. The molecule has 0 radical (unpaired) electrons. The van der Waals surface area contributed by atoms with Gasteiger partial charge in [-0.1, -0.05) is 48.0 Å². The number of benzene rings is 3. The predicted molar refractivity (Wildman–Crippen MR) is 162 cm³/mol. The molecule has 4 aromatic rings. The quantitative estimate of drug-likeness (QED) is 0.198. The van der Waals surface area contributed by atoms with Crippen LogP contribution < -0.4 is 10.1 Å². The van der Waals surface area contributed by atoms with E-state index in [2.05, 4.69) is 10.3 Å². The minimum absolute atomic E-state index is 0.00307. The normalized spacial score (nSPS) is 12.1. The molecule has 40 heavy (non-hydrogen) atoms. The van der Waals surface area contributed by atoms with E-state index in [4.69, 9.17) is 21.1 Å². The molecule has 3 aromatic carbocycles. The third-order valence-electron chi connectivity index (χ3n) is 6.00. The van der Waals surface area contributed by atoms with Gasteiger partial charge in [-0.3, -0.25) is 4.79 Å². The van der Waals surface area contributed by atoms with Gasteiger partial charge in [0.15, 0.2) is 0 Å². The van der Waals surface area contributed by atoms with Crippen molar-refractivity contribution < 1.29 is 19.1 Å². The van der Waals surface area contributed by atoms with Gasteiger partial charge in [0.25, 0.3) is 0 Å². The van der Waals surface area contributed by atoms with E-state index >= 15 is 0 Å². The van der Waals surface area contributed by atoms with E-state index < -0.39 is 5.97 Å². The Hall–Kier alpha value is -3.55. The van der Waals surface area contributed by atoms with Gasteiger partial charge < -0.3 is 14.8 Å². The van der Waals surface area contributed by atoms with E-state index in [9.17, 15) is 9.59 Å². The number of aromatic nitrogens is 1. The van der Waals surface area contributed by atoms with Gasteiger partial charge in [-0.25, -0.2) is 9.78 Å². The number of fused-ring (bicyclic) bond motifs is 1. The van der Waals surface area contributed by atoms with E-state index in [1.54, 1.807) is 17.8 Å². The van der Waals surface area contributed by atoms with Gasteiger partial charge in [-0.2, -0.15) is 0 Å². The first-order valence-corrected chi connectivity index (χ1v) is 14.4. The van der Waals surface area contributed by atoms with Crippen molar-refractivity contribution >= 4 is 46.1 Å². The van der Waals surface area contributed by atoms with Crippen LogP contribution in [0.3, 0.4) is 0 Å². The molecule has 6 nitrogen and oxygen atoms in total. The number of esters is 1. The highest BCUT2D eigenvalue weighted by Crippen LogP contribution is 2.38. The van der Waals surface area contributed by atoms with Crippen LogP contribution in [0.15, 0.2) is 78.9 Å².